The fourth-order valence-electron chi connectivity index (χ4n) is 3.03. The molecule has 0 aliphatic rings. The van der Waals surface area contributed by atoms with Gasteiger partial charge in [-0.2, -0.15) is 0 Å². The molecule has 1 N–H and O–H groups in total. The number of hydrogen-bond donors (Lipinski definition) is 1. The van der Waals surface area contributed by atoms with Gasteiger partial charge in [-0.1, -0.05) is 29.8 Å². The molecule has 0 saturated carbocycles. The number of aryl methyl sites for hydroxylation is 1. The molecule has 1 unspecified atom stereocenters. The first-order chi connectivity index (χ1) is 12.6. The third-order valence-electron chi connectivity index (χ3n) is 4.45. The van der Waals surface area contributed by atoms with Crippen molar-refractivity contribution in [2.45, 2.75) is 44.6 Å². The smallest absolute Gasteiger partial charge is 0.244 e. The van der Waals surface area contributed by atoms with Crippen LogP contribution in [0.5, 0.6) is 11.5 Å². The van der Waals surface area contributed by atoms with Gasteiger partial charge < -0.3 is 9.47 Å². The molecule has 0 aliphatic heterocycles. The lowest BCUT2D eigenvalue weighted by Gasteiger charge is -2.21. The summed E-state index contributed by atoms with van der Waals surface area (Å²) < 4.78 is 40.1. The Hall–Kier alpha value is -1.57. The minimum Gasteiger partial charge on any atom is -0.496 e. The van der Waals surface area contributed by atoms with Gasteiger partial charge in [0.25, 0.3) is 0 Å². The summed E-state index contributed by atoms with van der Waals surface area (Å²) in [6, 6.07) is 8.46. The highest BCUT2D eigenvalue weighted by atomic mass is 79.9. The number of methoxy groups -OCH3 is 2. The van der Waals surface area contributed by atoms with E-state index < -0.39 is 16.1 Å². The molecule has 1 atom stereocenters. The number of hydrogen-bond acceptors (Lipinski definition) is 4. The van der Waals surface area contributed by atoms with Crippen LogP contribution in [0, 0.1) is 6.92 Å². The molecule has 148 valence electrons. The molecular weight excluding hydrogens is 430 g/mol. The standard InChI is InChI=1S/C20H26BrNO4S/c1-12(2)16-11-17(13(3)9-19(16)26-6)14(4)22-27(23,24)20-10-15(21)7-8-18(20)25-5/h7-12,14,22H,1-6H3. The molecule has 27 heavy (non-hydrogen) atoms. The second kappa shape index (κ2) is 8.63. The van der Waals surface area contributed by atoms with Crippen molar-refractivity contribution >= 4 is 26.0 Å². The van der Waals surface area contributed by atoms with E-state index in [2.05, 4.69) is 34.5 Å². The van der Waals surface area contributed by atoms with Crippen molar-refractivity contribution in [2.75, 3.05) is 14.2 Å². The van der Waals surface area contributed by atoms with Gasteiger partial charge in [0, 0.05) is 10.5 Å². The quantitative estimate of drug-likeness (QED) is 0.641. The zero-order valence-electron chi connectivity index (χ0n) is 16.5. The van der Waals surface area contributed by atoms with Crippen LogP contribution in [0.4, 0.5) is 0 Å². The van der Waals surface area contributed by atoms with Crippen molar-refractivity contribution in [1.82, 2.24) is 4.72 Å². The van der Waals surface area contributed by atoms with Crippen LogP contribution in [0.1, 0.15) is 49.4 Å². The molecule has 2 aromatic rings. The van der Waals surface area contributed by atoms with Gasteiger partial charge in [-0.3, -0.25) is 0 Å². The van der Waals surface area contributed by atoms with Gasteiger partial charge in [0.2, 0.25) is 10.0 Å². The minimum atomic E-state index is -3.77. The van der Waals surface area contributed by atoms with Crippen molar-refractivity contribution in [3.63, 3.8) is 0 Å². The zero-order valence-corrected chi connectivity index (χ0v) is 18.9. The summed E-state index contributed by atoms with van der Waals surface area (Å²) in [6.07, 6.45) is 0. The van der Waals surface area contributed by atoms with Gasteiger partial charge in [-0.05, 0) is 66.8 Å². The van der Waals surface area contributed by atoms with Crippen LogP contribution < -0.4 is 14.2 Å². The Kier molecular flexibility index (Phi) is 6.94. The molecule has 0 spiro atoms. The maximum atomic E-state index is 13.0. The van der Waals surface area contributed by atoms with Crippen molar-refractivity contribution in [2.24, 2.45) is 0 Å². The molecule has 2 aromatic carbocycles. The van der Waals surface area contributed by atoms with Gasteiger partial charge in [0.15, 0.2) is 0 Å². The Morgan fingerprint density at radius 2 is 1.59 bits per heavy atom. The van der Waals surface area contributed by atoms with E-state index in [0.29, 0.717) is 10.2 Å². The third kappa shape index (κ3) is 4.83. The van der Waals surface area contributed by atoms with E-state index in [1.54, 1.807) is 19.2 Å². The second-order valence-corrected chi connectivity index (χ2v) is 9.34. The number of ether oxygens (including phenoxy) is 2. The third-order valence-corrected chi connectivity index (χ3v) is 6.51. The Balaban J connectivity index is 2.43. The molecule has 0 aliphatic carbocycles. The van der Waals surface area contributed by atoms with Gasteiger partial charge in [0.05, 0.1) is 14.2 Å². The lowest BCUT2D eigenvalue weighted by Crippen LogP contribution is -2.28. The monoisotopic (exact) mass is 455 g/mol. The number of nitrogens with one attached hydrogen (secondary N) is 1. The summed E-state index contributed by atoms with van der Waals surface area (Å²) in [5.41, 5.74) is 2.92. The maximum Gasteiger partial charge on any atom is 0.244 e. The predicted molar refractivity (Wildman–Crippen MR) is 111 cm³/mol. The molecule has 0 saturated heterocycles. The van der Waals surface area contributed by atoms with Gasteiger partial charge in [0.1, 0.15) is 16.4 Å². The number of sulfonamides is 1. The second-order valence-electron chi connectivity index (χ2n) is 6.74. The largest absolute Gasteiger partial charge is 0.496 e. The van der Waals surface area contributed by atoms with Crippen LogP contribution in [0.2, 0.25) is 0 Å². The molecule has 0 bridgehead atoms. The summed E-state index contributed by atoms with van der Waals surface area (Å²) >= 11 is 3.32. The van der Waals surface area contributed by atoms with E-state index in [0.717, 1.165) is 22.4 Å². The Bertz CT molecular complexity index is 926. The molecule has 2 rings (SSSR count). The molecular formula is C20H26BrNO4S. The molecule has 5 nitrogen and oxygen atoms in total. The first-order valence-electron chi connectivity index (χ1n) is 8.65. The van der Waals surface area contributed by atoms with Gasteiger partial charge >= 0.3 is 0 Å². The van der Waals surface area contributed by atoms with Crippen LogP contribution in [0.15, 0.2) is 39.7 Å². The summed E-state index contributed by atoms with van der Waals surface area (Å²) in [5, 5.41) is 0. The predicted octanol–water partition coefficient (Wildman–Crippen LogP) is 4.94. The van der Waals surface area contributed by atoms with Crippen LogP contribution in [0.25, 0.3) is 0 Å². The lowest BCUT2D eigenvalue weighted by molar-refractivity contribution is 0.402. The number of halogens is 1. The zero-order chi connectivity index (χ0) is 20.4. The first kappa shape index (κ1) is 21.7. The molecule has 0 heterocycles. The summed E-state index contributed by atoms with van der Waals surface area (Å²) in [4.78, 5) is 0.0986. The van der Waals surface area contributed by atoms with Gasteiger partial charge in [-0.25, -0.2) is 13.1 Å². The average molecular weight is 456 g/mol. The van der Waals surface area contributed by atoms with E-state index in [9.17, 15) is 8.42 Å². The SMILES string of the molecule is COc1cc(C)c(C(C)NS(=O)(=O)c2cc(Br)ccc2OC)cc1C(C)C. The van der Waals surface area contributed by atoms with E-state index in [1.165, 1.54) is 13.2 Å². The highest BCUT2D eigenvalue weighted by Gasteiger charge is 2.24. The fourth-order valence-corrected chi connectivity index (χ4v) is 4.96. The maximum absolute atomic E-state index is 13.0. The van der Waals surface area contributed by atoms with Crippen LogP contribution in [0.3, 0.4) is 0 Å². The summed E-state index contributed by atoms with van der Waals surface area (Å²) in [7, 11) is -0.677. The summed E-state index contributed by atoms with van der Waals surface area (Å²) in [6.45, 7) is 7.95. The lowest BCUT2D eigenvalue weighted by atomic mass is 9.94. The fraction of sp³-hybridized carbons (Fsp3) is 0.400. The first-order valence-corrected chi connectivity index (χ1v) is 10.9. The van der Waals surface area contributed by atoms with Crippen LogP contribution >= 0.6 is 15.9 Å². The van der Waals surface area contributed by atoms with Crippen LogP contribution in [-0.2, 0) is 10.0 Å². The normalized spacial score (nSPS) is 12.9. The van der Waals surface area contributed by atoms with Crippen LogP contribution in [-0.4, -0.2) is 22.6 Å². The summed E-state index contributed by atoms with van der Waals surface area (Å²) in [5.74, 6) is 1.37. The number of rotatable bonds is 7. The topological polar surface area (TPSA) is 64.6 Å². The highest BCUT2D eigenvalue weighted by molar-refractivity contribution is 9.10. The van der Waals surface area contributed by atoms with E-state index in [4.69, 9.17) is 9.47 Å². The molecule has 0 radical (unpaired) electrons. The minimum absolute atomic E-state index is 0.0986. The van der Waals surface area contributed by atoms with Crippen molar-refractivity contribution < 1.29 is 17.9 Å². The van der Waals surface area contributed by atoms with E-state index in [-0.39, 0.29) is 10.8 Å². The van der Waals surface area contributed by atoms with Crippen molar-refractivity contribution in [3.05, 3.63) is 51.5 Å². The molecule has 0 amide bonds. The number of benzene rings is 2. The molecule has 0 fully saturated rings. The van der Waals surface area contributed by atoms with Gasteiger partial charge in [-0.15, -0.1) is 0 Å². The highest BCUT2D eigenvalue weighted by Crippen LogP contribution is 2.33. The molecule has 0 aromatic heterocycles. The average Bonchev–Trinajstić information content (AvgIpc) is 2.60. The van der Waals surface area contributed by atoms with E-state index in [1.807, 2.05) is 26.0 Å². The van der Waals surface area contributed by atoms with E-state index >= 15 is 0 Å². The van der Waals surface area contributed by atoms with Crippen molar-refractivity contribution in [3.8, 4) is 11.5 Å². The Morgan fingerprint density at radius 1 is 0.963 bits per heavy atom. The van der Waals surface area contributed by atoms with Crippen molar-refractivity contribution in [1.29, 1.82) is 0 Å². The Morgan fingerprint density at radius 3 is 2.15 bits per heavy atom. The Labute approximate surface area is 170 Å². The molecule has 7 heteroatoms.